The number of hydrogen-bond acceptors (Lipinski definition) is 5. The minimum absolute atomic E-state index is 0.154. The van der Waals surface area contributed by atoms with Crippen LogP contribution in [0.15, 0.2) is 58.4 Å². The van der Waals surface area contributed by atoms with Crippen LogP contribution in [0.2, 0.25) is 5.02 Å². The van der Waals surface area contributed by atoms with Gasteiger partial charge in [0.2, 0.25) is 0 Å². The number of anilines is 2. The molecule has 29 heavy (non-hydrogen) atoms. The lowest BCUT2D eigenvalue weighted by atomic mass is 10.2. The van der Waals surface area contributed by atoms with Gasteiger partial charge in [-0.15, -0.1) is 0 Å². The summed E-state index contributed by atoms with van der Waals surface area (Å²) < 4.78 is 0. The highest BCUT2D eigenvalue weighted by Crippen LogP contribution is 2.31. The van der Waals surface area contributed by atoms with Crippen molar-refractivity contribution in [3.05, 3.63) is 64.0 Å². The van der Waals surface area contributed by atoms with E-state index >= 15 is 0 Å². The van der Waals surface area contributed by atoms with Crippen LogP contribution in [0.3, 0.4) is 0 Å². The van der Waals surface area contributed by atoms with Crippen molar-refractivity contribution in [2.75, 3.05) is 50.1 Å². The molecule has 0 atom stereocenters. The Labute approximate surface area is 180 Å². The fourth-order valence-corrected chi connectivity index (χ4v) is 4.53. The Morgan fingerprint density at radius 2 is 1.72 bits per heavy atom. The maximum atomic E-state index is 12.4. The van der Waals surface area contributed by atoms with E-state index in [0.29, 0.717) is 4.91 Å². The van der Waals surface area contributed by atoms with E-state index in [1.165, 1.54) is 11.8 Å². The number of carbonyl (C=O) groups excluding carboxylic acids is 1. The van der Waals surface area contributed by atoms with E-state index in [1.807, 2.05) is 62.6 Å². The third-order valence-electron chi connectivity index (χ3n) is 5.04. The van der Waals surface area contributed by atoms with Crippen molar-refractivity contribution in [2.24, 2.45) is 4.99 Å². The number of halogens is 1. The number of benzene rings is 2. The maximum absolute atomic E-state index is 12.4. The van der Waals surface area contributed by atoms with Crippen LogP contribution in [0.25, 0.3) is 6.08 Å². The van der Waals surface area contributed by atoms with Crippen LogP contribution in [0.5, 0.6) is 0 Å². The van der Waals surface area contributed by atoms with E-state index < -0.39 is 0 Å². The Morgan fingerprint density at radius 3 is 2.38 bits per heavy atom. The van der Waals surface area contributed by atoms with Gasteiger partial charge in [-0.3, -0.25) is 4.79 Å². The first kappa shape index (κ1) is 19.9. The number of nitrogens with zero attached hydrogens (tertiary/aromatic N) is 4. The van der Waals surface area contributed by atoms with Crippen LogP contribution in [0.4, 0.5) is 11.4 Å². The highest BCUT2D eigenvalue weighted by atomic mass is 35.5. The molecule has 0 radical (unpaired) electrons. The summed E-state index contributed by atoms with van der Waals surface area (Å²) in [4.78, 5) is 23.9. The predicted molar refractivity (Wildman–Crippen MR) is 124 cm³/mol. The van der Waals surface area contributed by atoms with Crippen LogP contribution < -0.4 is 9.80 Å². The van der Waals surface area contributed by atoms with Gasteiger partial charge in [-0.2, -0.15) is 4.99 Å². The summed E-state index contributed by atoms with van der Waals surface area (Å²) >= 11 is 7.58. The summed E-state index contributed by atoms with van der Waals surface area (Å²) in [7, 11) is 4.02. The van der Waals surface area contributed by atoms with Crippen LogP contribution >= 0.6 is 23.4 Å². The Balaban J connectivity index is 1.39. The van der Waals surface area contributed by atoms with Crippen molar-refractivity contribution in [1.82, 2.24) is 4.90 Å². The van der Waals surface area contributed by atoms with Crippen molar-refractivity contribution in [3.8, 4) is 0 Å². The zero-order valence-corrected chi connectivity index (χ0v) is 18.1. The summed E-state index contributed by atoms with van der Waals surface area (Å²) in [6.45, 7) is 3.41. The molecule has 1 fully saturated rings. The molecule has 7 heteroatoms. The zero-order chi connectivity index (χ0) is 20.4. The van der Waals surface area contributed by atoms with Crippen LogP contribution in [-0.2, 0) is 4.79 Å². The van der Waals surface area contributed by atoms with Crippen molar-refractivity contribution < 1.29 is 4.79 Å². The zero-order valence-electron chi connectivity index (χ0n) is 16.5. The van der Waals surface area contributed by atoms with Crippen molar-refractivity contribution in [1.29, 1.82) is 0 Å². The van der Waals surface area contributed by atoms with Gasteiger partial charge in [0, 0.05) is 56.7 Å². The third kappa shape index (κ3) is 4.60. The smallest absolute Gasteiger partial charge is 0.286 e. The lowest BCUT2D eigenvalue weighted by molar-refractivity contribution is -0.113. The van der Waals surface area contributed by atoms with Crippen LogP contribution in [0, 0.1) is 0 Å². The minimum Gasteiger partial charge on any atom is -0.378 e. The lowest BCUT2D eigenvalue weighted by Gasteiger charge is -2.36. The normalized spacial score (nSPS) is 18.4. The third-order valence-corrected chi connectivity index (χ3v) is 6.32. The molecule has 0 saturated carbocycles. The SMILES string of the molecule is CN(C)c1ccc(C=C2SC(N3CCN(c4cccc(Cl)c4)CC3)=NC2=O)cc1. The molecule has 2 aliphatic rings. The second kappa shape index (κ2) is 8.51. The highest BCUT2D eigenvalue weighted by Gasteiger charge is 2.28. The van der Waals surface area contributed by atoms with Gasteiger partial charge in [0.05, 0.1) is 4.91 Å². The maximum Gasteiger partial charge on any atom is 0.286 e. The van der Waals surface area contributed by atoms with Crippen LogP contribution in [-0.4, -0.2) is 56.2 Å². The molecule has 0 N–H and O–H groups in total. The molecule has 0 bridgehead atoms. The van der Waals surface area contributed by atoms with E-state index in [9.17, 15) is 4.79 Å². The molecule has 2 heterocycles. The van der Waals surface area contributed by atoms with Crippen molar-refractivity contribution in [2.45, 2.75) is 0 Å². The fraction of sp³-hybridized carbons (Fsp3) is 0.273. The van der Waals surface area contributed by atoms with Gasteiger partial charge in [0.15, 0.2) is 5.17 Å². The number of amidine groups is 1. The molecule has 1 saturated heterocycles. The second-order valence-corrected chi connectivity index (χ2v) is 8.70. The van der Waals surface area contributed by atoms with E-state index in [2.05, 4.69) is 25.8 Å². The molecule has 0 unspecified atom stereocenters. The molecule has 0 aliphatic carbocycles. The Morgan fingerprint density at radius 1 is 1.03 bits per heavy atom. The average Bonchev–Trinajstić information content (AvgIpc) is 3.09. The number of amides is 1. The minimum atomic E-state index is -0.154. The van der Waals surface area contributed by atoms with E-state index in [4.69, 9.17) is 11.6 Å². The standard InChI is InChI=1S/C22H23ClN4OS/c1-25(2)18-8-6-16(7-9-18)14-20-21(28)24-22(29-20)27-12-10-26(11-13-27)19-5-3-4-17(23)15-19/h3-9,14-15H,10-13H2,1-2H3. The van der Waals surface area contributed by atoms with Gasteiger partial charge in [-0.05, 0) is 53.7 Å². The summed E-state index contributed by atoms with van der Waals surface area (Å²) in [6.07, 6.45) is 1.92. The Kier molecular flexibility index (Phi) is 5.83. The van der Waals surface area contributed by atoms with E-state index in [1.54, 1.807) is 0 Å². The first-order valence-electron chi connectivity index (χ1n) is 9.55. The Hall–Kier alpha value is -2.44. The molecule has 2 aromatic rings. The first-order chi connectivity index (χ1) is 14.0. The quantitative estimate of drug-likeness (QED) is 0.688. The number of hydrogen-bond donors (Lipinski definition) is 0. The lowest BCUT2D eigenvalue weighted by Crippen LogP contribution is -2.47. The molecule has 5 nitrogen and oxygen atoms in total. The molecule has 2 aromatic carbocycles. The van der Waals surface area contributed by atoms with Crippen molar-refractivity contribution in [3.63, 3.8) is 0 Å². The largest absolute Gasteiger partial charge is 0.378 e. The Bertz CT molecular complexity index is 963. The van der Waals surface area contributed by atoms with Gasteiger partial charge in [0.1, 0.15) is 0 Å². The topological polar surface area (TPSA) is 39.1 Å². The van der Waals surface area contributed by atoms with Gasteiger partial charge in [-0.1, -0.05) is 29.8 Å². The fourth-order valence-electron chi connectivity index (χ4n) is 3.38. The second-order valence-electron chi connectivity index (χ2n) is 7.25. The number of carbonyl (C=O) groups is 1. The molecular weight excluding hydrogens is 404 g/mol. The average molecular weight is 427 g/mol. The van der Waals surface area contributed by atoms with Gasteiger partial charge in [-0.25, -0.2) is 0 Å². The number of aliphatic imine (C=N–C) groups is 1. The number of rotatable bonds is 3. The number of thioether (sulfide) groups is 1. The van der Waals surface area contributed by atoms with Crippen LogP contribution in [0.1, 0.15) is 5.56 Å². The monoisotopic (exact) mass is 426 g/mol. The molecular formula is C22H23ClN4OS. The van der Waals surface area contributed by atoms with Gasteiger partial charge >= 0.3 is 0 Å². The molecule has 150 valence electrons. The van der Waals surface area contributed by atoms with E-state index in [0.717, 1.165) is 53.3 Å². The first-order valence-corrected chi connectivity index (χ1v) is 10.7. The summed E-state index contributed by atoms with van der Waals surface area (Å²) in [6, 6.07) is 16.1. The highest BCUT2D eigenvalue weighted by molar-refractivity contribution is 8.18. The molecule has 4 rings (SSSR count). The van der Waals surface area contributed by atoms with E-state index in [-0.39, 0.29) is 5.91 Å². The summed E-state index contributed by atoms with van der Waals surface area (Å²) in [5.74, 6) is -0.154. The number of piperazine rings is 1. The van der Waals surface area contributed by atoms with Gasteiger partial charge < -0.3 is 14.7 Å². The summed E-state index contributed by atoms with van der Waals surface area (Å²) in [5, 5.41) is 1.55. The summed E-state index contributed by atoms with van der Waals surface area (Å²) in [5.41, 5.74) is 3.27. The predicted octanol–water partition coefficient (Wildman–Crippen LogP) is 4.20. The molecule has 2 aliphatic heterocycles. The molecule has 0 spiro atoms. The molecule has 1 amide bonds. The molecule has 0 aromatic heterocycles. The van der Waals surface area contributed by atoms with Gasteiger partial charge in [0.25, 0.3) is 5.91 Å². The van der Waals surface area contributed by atoms with Crippen molar-refractivity contribution >= 4 is 51.9 Å².